The van der Waals surface area contributed by atoms with Crippen molar-refractivity contribution in [2.75, 3.05) is 18.0 Å². The minimum absolute atomic E-state index is 0.174. The van der Waals surface area contributed by atoms with Crippen molar-refractivity contribution in [2.24, 2.45) is 13.0 Å². The summed E-state index contributed by atoms with van der Waals surface area (Å²) >= 11 is 0. The summed E-state index contributed by atoms with van der Waals surface area (Å²) in [5.74, 6) is -1.94. The van der Waals surface area contributed by atoms with Gasteiger partial charge in [-0.1, -0.05) is 0 Å². The van der Waals surface area contributed by atoms with Crippen LogP contribution >= 0.6 is 0 Å². The minimum atomic E-state index is -1.02. The second-order valence-electron chi connectivity index (χ2n) is 7.33. The third-order valence-electron chi connectivity index (χ3n) is 5.44. The van der Waals surface area contributed by atoms with Crippen LogP contribution in [0.15, 0.2) is 53.6 Å². The quantitative estimate of drug-likeness (QED) is 0.618. The molecule has 0 atom stereocenters. The van der Waals surface area contributed by atoms with Crippen LogP contribution in [0.2, 0.25) is 0 Å². The Balaban J connectivity index is 1.53. The second kappa shape index (κ2) is 8.14. The lowest BCUT2D eigenvalue weighted by atomic mass is 9.89. The molecular weight excluding hydrogens is 390 g/mol. The highest BCUT2D eigenvalue weighted by Crippen LogP contribution is 2.26. The van der Waals surface area contributed by atoms with Crippen LogP contribution in [0.4, 0.5) is 14.7 Å². The van der Waals surface area contributed by atoms with E-state index < -0.39 is 11.6 Å². The van der Waals surface area contributed by atoms with Gasteiger partial charge in [-0.15, -0.1) is 0 Å². The Hall–Kier alpha value is -3.42. The van der Waals surface area contributed by atoms with Crippen LogP contribution < -0.4 is 10.5 Å². The molecule has 0 spiro atoms. The zero-order chi connectivity index (χ0) is 21.3. The summed E-state index contributed by atoms with van der Waals surface area (Å²) in [6.07, 6.45) is 4.35. The SMILES string of the molecule is Cn1c(N2CCC(C(=O)c3ccc(F)c(F)c3)CC2)nc(-c2ccncc2)cc1=O. The number of piperidine rings is 1. The van der Waals surface area contributed by atoms with Crippen LogP contribution in [0.1, 0.15) is 23.2 Å². The van der Waals surface area contributed by atoms with Crippen LogP contribution in [0.25, 0.3) is 11.3 Å². The number of nitrogens with zero attached hydrogens (tertiary/aromatic N) is 4. The third kappa shape index (κ3) is 3.85. The van der Waals surface area contributed by atoms with E-state index in [9.17, 15) is 18.4 Å². The van der Waals surface area contributed by atoms with Gasteiger partial charge in [-0.25, -0.2) is 13.8 Å². The number of rotatable bonds is 4. The number of anilines is 1. The van der Waals surface area contributed by atoms with Crippen molar-refractivity contribution in [2.45, 2.75) is 12.8 Å². The summed E-state index contributed by atoms with van der Waals surface area (Å²) in [5, 5.41) is 0. The van der Waals surface area contributed by atoms with Crippen molar-refractivity contribution < 1.29 is 13.6 Å². The fourth-order valence-corrected chi connectivity index (χ4v) is 3.71. The largest absolute Gasteiger partial charge is 0.342 e. The lowest BCUT2D eigenvalue weighted by Gasteiger charge is -2.33. The summed E-state index contributed by atoms with van der Waals surface area (Å²) in [5.41, 5.74) is 1.37. The summed E-state index contributed by atoms with van der Waals surface area (Å²) < 4.78 is 28.1. The number of hydrogen-bond donors (Lipinski definition) is 0. The average molecular weight is 410 g/mol. The van der Waals surface area contributed by atoms with Crippen molar-refractivity contribution in [1.82, 2.24) is 14.5 Å². The van der Waals surface area contributed by atoms with Crippen molar-refractivity contribution in [3.63, 3.8) is 0 Å². The molecule has 0 amide bonds. The van der Waals surface area contributed by atoms with Crippen molar-refractivity contribution >= 4 is 11.7 Å². The van der Waals surface area contributed by atoms with Gasteiger partial charge >= 0.3 is 0 Å². The molecule has 1 aliphatic heterocycles. The summed E-state index contributed by atoms with van der Waals surface area (Å²) in [6, 6.07) is 8.31. The number of halogens is 2. The van der Waals surface area contributed by atoms with E-state index in [1.807, 2.05) is 4.90 Å². The van der Waals surface area contributed by atoms with E-state index in [0.29, 0.717) is 37.6 Å². The molecular formula is C22H20F2N4O2. The van der Waals surface area contributed by atoms with Crippen molar-refractivity contribution in [1.29, 1.82) is 0 Å². The topological polar surface area (TPSA) is 68.1 Å². The molecule has 4 rings (SSSR count). The fraction of sp³-hybridized carbons (Fsp3) is 0.273. The molecule has 154 valence electrons. The van der Waals surface area contributed by atoms with E-state index in [4.69, 9.17) is 0 Å². The average Bonchev–Trinajstić information content (AvgIpc) is 2.77. The lowest BCUT2D eigenvalue weighted by molar-refractivity contribution is 0.0899. The van der Waals surface area contributed by atoms with E-state index >= 15 is 0 Å². The van der Waals surface area contributed by atoms with Crippen LogP contribution in [0, 0.1) is 17.6 Å². The Labute approximate surface area is 171 Å². The predicted octanol–water partition coefficient (Wildman–Crippen LogP) is 3.22. The van der Waals surface area contributed by atoms with E-state index in [1.165, 1.54) is 16.7 Å². The Morgan fingerprint density at radius 3 is 2.40 bits per heavy atom. The van der Waals surface area contributed by atoms with Crippen LogP contribution in [0.5, 0.6) is 0 Å². The maximum atomic E-state index is 13.5. The maximum absolute atomic E-state index is 13.5. The first-order valence-electron chi connectivity index (χ1n) is 9.66. The summed E-state index contributed by atoms with van der Waals surface area (Å²) in [7, 11) is 1.67. The van der Waals surface area contributed by atoms with Crippen molar-refractivity contribution in [3.8, 4) is 11.3 Å². The number of carbonyl (C=O) groups is 1. The van der Waals surface area contributed by atoms with Gasteiger partial charge in [-0.05, 0) is 43.2 Å². The Morgan fingerprint density at radius 2 is 1.73 bits per heavy atom. The van der Waals surface area contributed by atoms with E-state index in [-0.39, 0.29) is 22.8 Å². The van der Waals surface area contributed by atoms with Gasteiger partial charge in [0.2, 0.25) is 5.95 Å². The molecule has 8 heteroatoms. The molecule has 30 heavy (non-hydrogen) atoms. The van der Waals surface area contributed by atoms with Gasteiger partial charge in [0, 0.05) is 55.6 Å². The van der Waals surface area contributed by atoms with Gasteiger partial charge in [-0.3, -0.25) is 19.1 Å². The highest BCUT2D eigenvalue weighted by atomic mass is 19.2. The van der Waals surface area contributed by atoms with Crippen LogP contribution in [-0.4, -0.2) is 33.4 Å². The standard InChI is InChI=1S/C22H20F2N4O2/c1-27-20(29)13-19(14-4-8-25-9-5-14)26-22(27)28-10-6-15(7-11-28)21(30)16-2-3-17(23)18(24)12-16/h2-5,8-9,12-13,15H,6-7,10-11H2,1H3. The van der Waals surface area contributed by atoms with Crippen molar-refractivity contribution in [3.05, 3.63) is 76.3 Å². The van der Waals surface area contributed by atoms with E-state index in [2.05, 4.69) is 9.97 Å². The molecule has 6 nitrogen and oxygen atoms in total. The monoisotopic (exact) mass is 410 g/mol. The predicted molar refractivity (Wildman–Crippen MR) is 108 cm³/mol. The van der Waals surface area contributed by atoms with E-state index in [0.717, 1.165) is 17.7 Å². The molecule has 1 fully saturated rings. The molecule has 0 radical (unpaired) electrons. The van der Waals surface area contributed by atoms with Crippen LogP contribution in [-0.2, 0) is 7.05 Å². The molecule has 0 unspecified atom stereocenters. The highest BCUT2D eigenvalue weighted by Gasteiger charge is 2.28. The Morgan fingerprint density at radius 1 is 1.03 bits per heavy atom. The first-order chi connectivity index (χ1) is 14.4. The number of ketones is 1. The zero-order valence-electron chi connectivity index (χ0n) is 16.4. The molecule has 3 aromatic rings. The second-order valence-corrected chi connectivity index (χ2v) is 7.33. The number of Topliss-reactive ketones (excluding diaryl/α,β-unsaturated/α-hetero) is 1. The Bertz CT molecular complexity index is 1140. The molecule has 1 aliphatic rings. The minimum Gasteiger partial charge on any atom is -0.342 e. The fourth-order valence-electron chi connectivity index (χ4n) is 3.71. The smallest absolute Gasteiger partial charge is 0.255 e. The first kappa shape index (κ1) is 19.9. The molecule has 1 aromatic carbocycles. The third-order valence-corrected chi connectivity index (χ3v) is 5.44. The van der Waals surface area contributed by atoms with Gasteiger partial charge in [-0.2, -0.15) is 0 Å². The normalized spacial score (nSPS) is 14.7. The van der Waals surface area contributed by atoms with Gasteiger partial charge in [0.25, 0.3) is 5.56 Å². The molecule has 2 aromatic heterocycles. The summed E-state index contributed by atoms with van der Waals surface area (Å²) in [4.78, 5) is 35.8. The number of pyridine rings is 1. The molecule has 0 N–H and O–H groups in total. The van der Waals surface area contributed by atoms with Gasteiger partial charge < -0.3 is 4.90 Å². The lowest BCUT2D eigenvalue weighted by Crippen LogP contribution is -2.40. The van der Waals surface area contributed by atoms with Gasteiger partial charge in [0.15, 0.2) is 17.4 Å². The van der Waals surface area contributed by atoms with Gasteiger partial charge in [0.05, 0.1) is 5.69 Å². The highest BCUT2D eigenvalue weighted by molar-refractivity contribution is 5.98. The first-order valence-corrected chi connectivity index (χ1v) is 9.66. The van der Waals surface area contributed by atoms with Gasteiger partial charge in [0.1, 0.15) is 0 Å². The maximum Gasteiger partial charge on any atom is 0.255 e. The molecule has 1 saturated heterocycles. The summed E-state index contributed by atoms with van der Waals surface area (Å²) in [6.45, 7) is 1.06. The molecule has 0 bridgehead atoms. The number of hydrogen-bond acceptors (Lipinski definition) is 5. The molecule has 0 aliphatic carbocycles. The van der Waals surface area contributed by atoms with Crippen LogP contribution in [0.3, 0.4) is 0 Å². The molecule has 3 heterocycles. The Kier molecular flexibility index (Phi) is 5.39. The zero-order valence-corrected chi connectivity index (χ0v) is 16.4. The number of carbonyl (C=O) groups excluding carboxylic acids is 1. The van der Waals surface area contributed by atoms with E-state index in [1.54, 1.807) is 31.6 Å². The number of aromatic nitrogens is 3. The number of benzene rings is 1. The molecule has 0 saturated carbocycles.